The maximum atomic E-state index is 10.3. The van der Waals surface area contributed by atoms with Crippen molar-refractivity contribution in [3.05, 3.63) is 51.2 Å². The molecule has 0 aliphatic heterocycles. The van der Waals surface area contributed by atoms with Crippen LogP contribution in [0.4, 0.5) is 0 Å². The van der Waals surface area contributed by atoms with Crippen molar-refractivity contribution in [2.75, 3.05) is 7.11 Å². The van der Waals surface area contributed by atoms with Crippen LogP contribution < -0.4 is 4.74 Å². The number of benzene rings is 1. The zero-order valence-electron chi connectivity index (χ0n) is 10.2. The summed E-state index contributed by atoms with van der Waals surface area (Å²) in [7, 11) is 1.65. The second-order valence-electron chi connectivity index (χ2n) is 4.08. The molecular weight excluding hydrogens is 232 g/mol. The summed E-state index contributed by atoms with van der Waals surface area (Å²) in [5, 5.41) is 10.3. The van der Waals surface area contributed by atoms with Crippen LogP contribution in [0.2, 0.25) is 0 Å². The second-order valence-corrected chi connectivity index (χ2v) is 5.40. The Morgan fingerprint density at radius 3 is 2.53 bits per heavy atom. The summed E-state index contributed by atoms with van der Waals surface area (Å²) < 4.78 is 5.27. The average molecular weight is 248 g/mol. The van der Waals surface area contributed by atoms with Gasteiger partial charge in [0.1, 0.15) is 11.9 Å². The van der Waals surface area contributed by atoms with Crippen LogP contribution in [0.25, 0.3) is 0 Å². The van der Waals surface area contributed by atoms with E-state index in [-0.39, 0.29) is 0 Å². The molecule has 2 rings (SSSR count). The van der Waals surface area contributed by atoms with E-state index in [9.17, 15) is 5.11 Å². The van der Waals surface area contributed by atoms with Crippen molar-refractivity contribution in [3.8, 4) is 5.75 Å². The van der Waals surface area contributed by atoms with Crippen molar-refractivity contribution in [3.63, 3.8) is 0 Å². The molecule has 1 heterocycles. The van der Waals surface area contributed by atoms with Gasteiger partial charge in [-0.05, 0) is 43.2 Å². The maximum absolute atomic E-state index is 10.3. The van der Waals surface area contributed by atoms with Gasteiger partial charge >= 0.3 is 0 Å². The highest BCUT2D eigenvalue weighted by Gasteiger charge is 2.13. The summed E-state index contributed by atoms with van der Waals surface area (Å²) in [6.07, 6.45) is -0.566. The molecule has 0 saturated heterocycles. The molecule has 2 nitrogen and oxygen atoms in total. The van der Waals surface area contributed by atoms with Crippen LogP contribution in [0.3, 0.4) is 0 Å². The third-order valence-electron chi connectivity index (χ3n) is 2.78. The van der Waals surface area contributed by atoms with Crippen LogP contribution in [-0.2, 0) is 0 Å². The van der Waals surface area contributed by atoms with E-state index in [4.69, 9.17) is 4.74 Å². The van der Waals surface area contributed by atoms with E-state index in [0.717, 1.165) is 21.8 Å². The van der Waals surface area contributed by atoms with Crippen molar-refractivity contribution in [2.45, 2.75) is 20.0 Å². The number of aryl methyl sites for hydroxylation is 2. The number of thiophene rings is 1. The maximum Gasteiger partial charge on any atom is 0.122 e. The topological polar surface area (TPSA) is 29.5 Å². The Labute approximate surface area is 105 Å². The molecule has 0 amide bonds. The molecule has 1 aromatic carbocycles. The first-order chi connectivity index (χ1) is 8.11. The number of aliphatic hydroxyl groups is 1. The van der Waals surface area contributed by atoms with E-state index in [1.165, 1.54) is 4.88 Å². The molecular formula is C14H16O2S. The highest BCUT2D eigenvalue weighted by molar-refractivity contribution is 7.12. The van der Waals surface area contributed by atoms with Gasteiger partial charge < -0.3 is 9.84 Å². The SMILES string of the molecule is COc1cc(C(O)c2ccc(C)s2)ccc1C. The van der Waals surface area contributed by atoms with E-state index in [1.807, 2.05) is 44.2 Å². The van der Waals surface area contributed by atoms with E-state index in [0.29, 0.717) is 0 Å². The first kappa shape index (κ1) is 12.1. The van der Waals surface area contributed by atoms with Gasteiger partial charge in [-0.2, -0.15) is 0 Å². The van der Waals surface area contributed by atoms with Gasteiger partial charge in [0.15, 0.2) is 0 Å². The first-order valence-corrected chi connectivity index (χ1v) is 6.32. The number of aliphatic hydroxyl groups excluding tert-OH is 1. The highest BCUT2D eigenvalue weighted by Crippen LogP contribution is 2.30. The van der Waals surface area contributed by atoms with Gasteiger partial charge in [-0.1, -0.05) is 12.1 Å². The highest BCUT2D eigenvalue weighted by atomic mass is 32.1. The lowest BCUT2D eigenvalue weighted by Crippen LogP contribution is -1.98. The molecule has 3 heteroatoms. The summed E-state index contributed by atoms with van der Waals surface area (Å²) in [5.74, 6) is 0.815. The normalized spacial score (nSPS) is 12.5. The summed E-state index contributed by atoms with van der Waals surface area (Å²) in [6.45, 7) is 4.03. The van der Waals surface area contributed by atoms with Crippen LogP contribution in [0.15, 0.2) is 30.3 Å². The smallest absolute Gasteiger partial charge is 0.122 e. The van der Waals surface area contributed by atoms with Crippen molar-refractivity contribution in [1.29, 1.82) is 0 Å². The Hall–Kier alpha value is -1.32. The van der Waals surface area contributed by atoms with E-state index < -0.39 is 6.10 Å². The minimum atomic E-state index is -0.566. The summed E-state index contributed by atoms with van der Waals surface area (Å²) in [5.41, 5.74) is 1.94. The number of rotatable bonds is 3. The molecule has 0 aliphatic carbocycles. The monoisotopic (exact) mass is 248 g/mol. The summed E-state index contributed by atoms with van der Waals surface area (Å²) in [6, 6.07) is 9.80. The Morgan fingerprint density at radius 2 is 1.94 bits per heavy atom. The molecule has 1 aromatic heterocycles. The molecule has 1 N–H and O–H groups in total. The van der Waals surface area contributed by atoms with Gasteiger partial charge in [-0.15, -0.1) is 11.3 Å². The molecule has 0 bridgehead atoms. The lowest BCUT2D eigenvalue weighted by molar-refractivity contribution is 0.223. The van der Waals surface area contributed by atoms with Gasteiger partial charge in [0.05, 0.1) is 7.11 Å². The van der Waals surface area contributed by atoms with Crippen LogP contribution in [0.5, 0.6) is 5.75 Å². The van der Waals surface area contributed by atoms with Crippen LogP contribution in [0, 0.1) is 13.8 Å². The van der Waals surface area contributed by atoms with Gasteiger partial charge in [0.2, 0.25) is 0 Å². The molecule has 0 aliphatic rings. The molecule has 17 heavy (non-hydrogen) atoms. The van der Waals surface area contributed by atoms with Crippen LogP contribution in [-0.4, -0.2) is 12.2 Å². The molecule has 1 unspecified atom stereocenters. The minimum absolute atomic E-state index is 0.566. The summed E-state index contributed by atoms with van der Waals surface area (Å²) >= 11 is 1.62. The summed E-state index contributed by atoms with van der Waals surface area (Å²) in [4.78, 5) is 2.17. The fraction of sp³-hybridized carbons (Fsp3) is 0.286. The van der Waals surface area contributed by atoms with Crippen molar-refractivity contribution in [2.24, 2.45) is 0 Å². The molecule has 0 spiro atoms. The van der Waals surface area contributed by atoms with Crippen molar-refractivity contribution >= 4 is 11.3 Å². The van der Waals surface area contributed by atoms with E-state index in [2.05, 4.69) is 0 Å². The third-order valence-corrected chi connectivity index (χ3v) is 3.83. The van der Waals surface area contributed by atoms with Crippen LogP contribution in [0.1, 0.15) is 27.0 Å². The van der Waals surface area contributed by atoms with Crippen LogP contribution >= 0.6 is 11.3 Å². The number of hydrogen-bond donors (Lipinski definition) is 1. The lowest BCUT2D eigenvalue weighted by atomic mass is 10.1. The molecule has 0 saturated carbocycles. The fourth-order valence-electron chi connectivity index (χ4n) is 1.77. The Morgan fingerprint density at radius 1 is 1.18 bits per heavy atom. The molecule has 90 valence electrons. The molecule has 1 atom stereocenters. The Kier molecular flexibility index (Phi) is 3.50. The lowest BCUT2D eigenvalue weighted by Gasteiger charge is -2.12. The standard InChI is InChI=1S/C14H16O2S/c1-9-4-6-11(8-12(9)16-3)14(15)13-7-5-10(2)17-13/h4-8,14-15H,1-3H3. The Bertz CT molecular complexity index is 517. The first-order valence-electron chi connectivity index (χ1n) is 5.50. The average Bonchev–Trinajstić information content (AvgIpc) is 2.75. The van der Waals surface area contributed by atoms with Gasteiger partial charge in [-0.25, -0.2) is 0 Å². The number of ether oxygens (including phenoxy) is 1. The molecule has 0 radical (unpaired) electrons. The minimum Gasteiger partial charge on any atom is -0.496 e. The van der Waals surface area contributed by atoms with Gasteiger partial charge in [0.25, 0.3) is 0 Å². The predicted octanol–water partition coefficient (Wildman–Crippen LogP) is 3.46. The Balaban J connectivity index is 2.34. The number of methoxy groups -OCH3 is 1. The zero-order valence-corrected chi connectivity index (χ0v) is 11.0. The van der Waals surface area contributed by atoms with E-state index >= 15 is 0 Å². The number of hydrogen-bond acceptors (Lipinski definition) is 3. The third kappa shape index (κ3) is 2.51. The van der Waals surface area contributed by atoms with Gasteiger partial charge in [0, 0.05) is 9.75 Å². The fourth-order valence-corrected chi connectivity index (χ4v) is 2.66. The largest absolute Gasteiger partial charge is 0.496 e. The second kappa shape index (κ2) is 4.90. The molecule has 2 aromatic rings. The zero-order chi connectivity index (χ0) is 12.4. The quantitative estimate of drug-likeness (QED) is 0.901. The van der Waals surface area contributed by atoms with Gasteiger partial charge in [-0.3, -0.25) is 0 Å². The van der Waals surface area contributed by atoms with Crippen molar-refractivity contribution in [1.82, 2.24) is 0 Å². The predicted molar refractivity (Wildman–Crippen MR) is 70.8 cm³/mol. The van der Waals surface area contributed by atoms with Crippen molar-refractivity contribution < 1.29 is 9.84 Å². The molecule has 0 fully saturated rings. The van der Waals surface area contributed by atoms with E-state index in [1.54, 1.807) is 18.4 Å².